The maximum absolute atomic E-state index is 14.3. The molecule has 2 aromatic carbocycles. The average molecular weight is 761 g/mol. The predicted octanol–water partition coefficient (Wildman–Crippen LogP) is 0.780. The minimum absolute atomic E-state index is 0.0676. The number of aliphatic hydroxyl groups excluding tert-OH is 1. The number of nitrogens with two attached hydrogens (primary N) is 2. The van der Waals surface area contributed by atoms with Crippen LogP contribution in [0.4, 0.5) is 0 Å². The van der Waals surface area contributed by atoms with E-state index in [-0.39, 0.29) is 12.3 Å². The Hall–Kier alpha value is -5.28. The first kappa shape index (κ1) is 42.5. The summed E-state index contributed by atoms with van der Waals surface area (Å²) in [5.41, 5.74) is 14.1. The molecule has 0 aliphatic carbocycles. The standard InChI is InChI=1S/C40H56N8O7/c1-5-23(3)33(38(53)45-31(22-49)35(42)50)47-39(54)34(24(4)6-2)46-36(51)30(20-26-21-43-29-16-11-10-15-27(26)29)44-37(52)32-17-12-18-48(32)40(55)28(41)19-25-13-8-7-9-14-25/h7-11,13-16,21,23-24,28,30-34,43,49H,5-6,12,17-20,22,41H2,1-4H3,(H2,42,50)(H,44,52)(H,45,53)(H,46,51)(H,47,54)/t23-,24-,28-,30-,31-,32-,33-,34-/m0/s1. The van der Waals surface area contributed by atoms with Crippen LogP contribution in [0.5, 0.6) is 0 Å². The largest absolute Gasteiger partial charge is 0.394 e. The summed E-state index contributed by atoms with van der Waals surface area (Å²) in [6.07, 6.45) is 4.08. The van der Waals surface area contributed by atoms with E-state index < -0.39 is 84.2 Å². The van der Waals surface area contributed by atoms with Crippen molar-refractivity contribution in [2.24, 2.45) is 23.3 Å². The second-order valence-electron chi connectivity index (χ2n) is 14.5. The topological polar surface area (TPSA) is 242 Å². The lowest BCUT2D eigenvalue weighted by atomic mass is 9.94. The zero-order valence-corrected chi connectivity index (χ0v) is 32.0. The fourth-order valence-corrected chi connectivity index (χ4v) is 6.84. The third-order valence-corrected chi connectivity index (χ3v) is 10.6. The van der Waals surface area contributed by atoms with Gasteiger partial charge in [0.1, 0.15) is 30.2 Å². The molecular weight excluding hydrogens is 704 g/mol. The molecule has 0 bridgehead atoms. The zero-order valence-electron chi connectivity index (χ0n) is 32.0. The quantitative estimate of drug-likeness (QED) is 0.0867. The molecule has 6 amide bonds. The molecule has 1 saturated heterocycles. The van der Waals surface area contributed by atoms with Crippen LogP contribution in [-0.2, 0) is 41.6 Å². The lowest BCUT2D eigenvalue weighted by Gasteiger charge is -2.31. The summed E-state index contributed by atoms with van der Waals surface area (Å²) in [7, 11) is 0. The highest BCUT2D eigenvalue weighted by atomic mass is 16.3. The molecule has 15 heteroatoms. The molecule has 1 fully saturated rings. The van der Waals surface area contributed by atoms with E-state index in [2.05, 4.69) is 26.3 Å². The van der Waals surface area contributed by atoms with Crippen LogP contribution in [-0.4, -0.2) is 99.8 Å². The number of hydrogen-bond acceptors (Lipinski definition) is 8. The Morgan fingerprint density at radius 2 is 1.42 bits per heavy atom. The van der Waals surface area contributed by atoms with Crippen molar-refractivity contribution < 1.29 is 33.9 Å². The van der Waals surface area contributed by atoms with E-state index in [9.17, 15) is 33.9 Å². The van der Waals surface area contributed by atoms with E-state index in [0.717, 1.165) is 22.0 Å². The molecule has 1 aliphatic rings. The van der Waals surface area contributed by atoms with E-state index in [1.165, 1.54) is 4.90 Å². The normalized spacial score (nSPS) is 17.9. The Balaban J connectivity index is 1.57. The van der Waals surface area contributed by atoms with Crippen LogP contribution in [0.2, 0.25) is 0 Å². The summed E-state index contributed by atoms with van der Waals surface area (Å²) in [4.78, 5) is 85.5. The molecule has 4 rings (SSSR count). The highest BCUT2D eigenvalue weighted by Gasteiger charge is 2.39. The molecule has 15 nitrogen and oxygen atoms in total. The lowest BCUT2D eigenvalue weighted by molar-refractivity contribution is -0.140. The van der Waals surface area contributed by atoms with Crippen molar-refractivity contribution in [3.05, 3.63) is 71.9 Å². The van der Waals surface area contributed by atoms with Gasteiger partial charge in [-0.2, -0.15) is 0 Å². The van der Waals surface area contributed by atoms with Crippen LogP contribution in [0.15, 0.2) is 60.8 Å². The van der Waals surface area contributed by atoms with Crippen molar-refractivity contribution in [3.8, 4) is 0 Å². The van der Waals surface area contributed by atoms with E-state index in [1.807, 2.05) is 68.4 Å². The molecule has 10 N–H and O–H groups in total. The van der Waals surface area contributed by atoms with Gasteiger partial charge in [-0.25, -0.2) is 0 Å². The van der Waals surface area contributed by atoms with Crippen LogP contribution >= 0.6 is 0 Å². The smallest absolute Gasteiger partial charge is 0.243 e. The van der Waals surface area contributed by atoms with Gasteiger partial charge in [-0.3, -0.25) is 28.8 Å². The van der Waals surface area contributed by atoms with Gasteiger partial charge in [0, 0.05) is 30.1 Å². The third-order valence-electron chi connectivity index (χ3n) is 10.6. The Kier molecular flexibility index (Phi) is 15.3. The summed E-state index contributed by atoms with van der Waals surface area (Å²) in [5, 5.41) is 21.3. The highest BCUT2D eigenvalue weighted by Crippen LogP contribution is 2.22. The third kappa shape index (κ3) is 10.9. The predicted molar refractivity (Wildman–Crippen MR) is 208 cm³/mol. The number of H-pyrrole nitrogens is 1. The lowest BCUT2D eigenvalue weighted by Crippen LogP contribution is -2.61. The molecule has 0 radical (unpaired) electrons. The van der Waals surface area contributed by atoms with Gasteiger partial charge in [0.05, 0.1) is 12.6 Å². The molecule has 55 heavy (non-hydrogen) atoms. The number of amides is 6. The molecule has 3 aromatic rings. The SMILES string of the molecule is CC[C@H](C)[C@H](NC(=O)[C@H](Cc1c[nH]c2ccccc12)NC(=O)[C@@H]1CCCN1C(=O)[C@@H](N)Cc1ccccc1)C(=O)N[C@H](C(=O)N[C@@H](CO)C(N)=O)[C@@H](C)CC. The number of likely N-dealkylation sites (tertiary alicyclic amines) is 1. The Morgan fingerprint density at radius 3 is 2.04 bits per heavy atom. The number of carbonyl (C=O) groups is 6. The second kappa shape index (κ2) is 19.9. The Labute approximate surface area is 321 Å². The molecule has 8 atom stereocenters. The summed E-state index contributed by atoms with van der Waals surface area (Å²) >= 11 is 0. The number of fused-ring (bicyclic) bond motifs is 1. The van der Waals surface area contributed by atoms with Crippen molar-refractivity contribution in [3.63, 3.8) is 0 Å². The summed E-state index contributed by atoms with van der Waals surface area (Å²) in [5.74, 6) is -4.57. The maximum atomic E-state index is 14.3. The van der Waals surface area contributed by atoms with Crippen molar-refractivity contribution in [2.75, 3.05) is 13.2 Å². The second-order valence-corrected chi connectivity index (χ2v) is 14.5. The van der Waals surface area contributed by atoms with Crippen molar-refractivity contribution >= 4 is 46.3 Å². The van der Waals surface area contributed by atoms with E-state index >= 15 is 0 Å². The van der Waals surface area contributed by atoms with Crippen molar-refractivity contribution in [1.82, 2.24) is 31.2 Å². The van der Waals surface area contributed by atoms with Gasteiger partial charge in [0.15, 0.2) is 0 Å². The van der Waals surface area contributed by atoms with Gasteiger partial charge < -0.3 is 47.7 Å². The number of aliphatic hydroxyl groups is 1. The molecule has 0 spiro atoms. The molecule has 0 unspecified atom stereocenters. The molecular formula is C40H56N8O7. The van der Waals surface area contributed by atoms with E-state index in [0.29, 0.717) is 38.6 Å². The van der Waals surface area contributed by atoms with E-state index in [1.54, 1.807) is 20.0 Å². The number of aromatic amines is 1. The minimum atomic E-state index is -1.35. The first-order valence-corrected chi connectivity index (χ1v) is 19.1. The van der Waals surface area contributed by atoms with Crippen LogP contribution in [0.1, 0.15) is 64.5 Å². The summed E-state index contributed by atoms with van der Waals surface area (Å²) < 4.78 is 0. The van der Waals surface area contributed by atoms with Crippen LogP contribution < -0.4 is 32.7 Å². The van der Waals surface area contributed by atoms with Crippen LogP contribution in [0.25, 0.3) is 10.9 Å². The Morgan fingerprint density at radius 1 is 0.818 bits per heavy atom. The monoisotopic (exact) mass is 760 g/mol. The molecule has 0 saturated carbocycles. The van der Waals surface area contributed by atoms with Gasteiger partial charge >= 0.3 is 0 Å². The van der Waals surface area contributed by atoms with Crippen LogP contribution in [0, 0.1) is 11.8 Å². The molecule has 298 valence electrons. The van der Waals surface area contributed by atoms with Gasteiger partial charge in [0.25, 0.3) is 0 Å². The maximum Gasteiger partial charge on any atom is 0.243 e. The number of aromatic nitrogens is 1. The fourth-order valence-electron chi connectivity index (χ4n) is 6.84. The number of hydrogen-bond donors (Lipinski definition) is 8. The van der Waals surface area contributed by atoms with Crippen LogP contribution in [0.3, 0.4) is 0 Å². The molecule has 1 aromatic heterocycles. The first-order chi connectivity index (χ1) is 26.3. The number of nitrogens with zero attached hydrogens (tertiary/aromatic N) is 1. The van der Waals surface area contributed by atoms with Crippen molar-refractivity contribution in [2.45, 2.75) is 102 Å². The fraction of sp³-hybridized carbons (Fsp3) is 0.500. The van der Waals surface area contributed by atoms with Crippen molar-refractivity contribution in [1.29, 1.82) is 0 Å². The van der Waals surface area contributed by atoms with Gasteiger partial charge in [-0.15, -0.1) is 0 Å². The number of rotatable bonds is 19. The number of primary amides is 1. The minimum Gasteiger partial charge on any atom is -0.394 e. The summed E-state index contributed by atoms with van der Waals surface area (Å²) in [6.45, 7) is 6.84. The highest BCUT2D eigenvalue weighted by molar-refractivity contribution is 5.97. The van der Waals surface area contributed by atoms with Gasteiger partial charge in [-0.1, -0.05) is 89.1 Å². The average Bonchev–Trinajstić information content (AvgIpc) is 3.84. The molecule has 1 aliphatic heterocycles. The Bertz CT molecular complexity index is 1800. The molecule has 2 heterocycles. The van der Waals surface area contributed by atoms with E-state index in [4.69, 9.17) is 11.5 Å². The number of benzene rings is 2. The first-order valence-electron chi connectivity index (χ1n) is 19.1. The van der Waals surface area contributed by atoms with Gasteiger partial charge in [-0.05, 0) is 48.3 Å². The number of carbonyl (C=O) groups excluding carboxylic acids is 6. The number of para-hydroxylation sites is 1. The summed E-state index contributed by atoms with van der Waals surface area (Å²) in [6, 6.07) is 10.5. The zero-order chi connectivity index (χ0) is 40.2. The number of nitrogens with one attached hydrogen (secondary N) is 5. The van der Waals surface area contributed by atoms with Gasteiger partial charge in [0.2, 0.25) is 35.4 Å².